The van der Waals surface area contributed by atoms with Crippen molar-refractivity contribution in [2.45, 2.75) is 24.9 Å². The second-order valence-electron chi connectivity index (χ2n) is 5.62. The van der Waals surface area contributed by atoms with Crippen molar-refractivity contribution in [3.63, 3.8) is 0 Å². The topological polar surface area (TPSA) is 21.9 Å². The Bertz CT molecular complexity index is 669. The molecule has 21 heavy (non-hydrogen) atoms. The van der Waals surface area contributed by atoms with Gasteiger partial charge in [0.2, 0.25) is 0 Å². The zero-order chi connectivity index (χ0) is 15.4. The molecule has 2 unspecified atom stereocenters. The number of rotatable bonds is 2. The summed E-state index contributed by atoms with van der Waals surface area (Å²) in [6, 6.07) is 11.0. The van der Waals surface area contributed by atoms with Crippen LogP contribution >= 0.6 is 46.4 Å². The molecule has 0 radical (unpaired) electrons. The molecule has 1 aliphatic rings. The van der Waals surface area contributed by atoms with E-state index in [9.17, 15) is 0 Å². The van der Waals surface area contributed by atoms with Gasteiger partial charge in [-0.15, -0.1) is 0 Å². The third-order valence-corrected chi connectivity index (χ3v) is 5.50. The Hall–Kier alpha value is -0.440. The van der Waals surface area contributed by atoms with E-state index in [4.69, 9.17) is 46.4 Å². The summed E-state index contributed by atoms with van der Waals surface area (Å²) in [7, 11) is 0. The van der Waals surface area contributed by atoms with Crippen molar-refractivity contribution >= 4 is 46.4 Å². The van der Waals surface area contributed by atoms with Gasteiger partial charge in [-0.1, -0.05) is 46.4 Å². The second kappa shape index (κ2) is 5.04. The maximum Gasteiger partial charge on any atom is 0.0653 e. The molecule has 2 aromatic carbocycles. The number of nitrogens with one attached hydrogen (secondary N) is 1. The van der Waals surface area contributed by atoms with Crippen molar-refractivity contribution in [1.82, 2.24) is 5.32 Å². The maximum absolute atomic E-state index is 6.35. The Morgan fingerprint density at radius 2 is 1.10 bits per heavy atom. The standard InChI is InChI=1S/C16H13Cl4N/c1-15(11-7-9(17)3-5-13(11)19)16(2,21-15)12-8-10(18)4-6-14(12)20/h3-8,21H,1-2H3. The van der Waals surface area contributed by atoms with Crippen LogP contribution in [-0.4, -0.2) is 0 Å². The fraction of sp³-hybridized carbons (Fsp3) is 0.250. The molecule has 0 amide bonds. The van der Waals surface area contributed by atoms with Crippen LogP contribution in [0, 0.1) is 0 Å². The summed E-state index contributed by atoms with van der Waals surface area (Å²) >= 11 is 24.9. The quantitative estimate of drug-likeness (QED) is 0.648. The normalized spacial score (nSPS) is 27.7. The van der Waals surface area contributed by atoms with Crippen molar-refractivity contribution in [2.24, 2.45) is 0 Å². The van der Waals surface area contributed by atoms with Crippen LogP contribution in [0.2, 0.25) is 20.1 Å². The van der Waals surface area contributed by atoms with E-state index in [1.54, 1.807) is 12.1 Å². The summed E-state index contributed by atoms with van der Waals surface area (Å²) in [5.74, 6) is 0. The van der Waals surface area contributed by atoms with Gasteiger partial charge in [0.15, 0.2) is 0 Å². The van der Waals surface area contributed by atoms with E-state index >= 15 is 0 Å². The van der Waals surface area contributed by atoms with Crippen LogP contribution in [0.25, 0.3) is 0 Å². The van der Waals surface area contributed by atoms with Gasteiger partial charge in [-0.2, -0.15) is 0 Å². The van der Waals surface area contributed by atoms with Crippen LogP contribution in [0.4, 0.5) is 0 Å². The van der Waals surface area contributed by atoms with Crippen LogP contribution < -0.4 is 5.32 Å². The highest BCUT2D eigenvalue weighted by Crippen LogP contribution is 2.57. The third kappa shape index (κ3) is 2.36. The van der Waals surface area contributed by atoms with Crippen molar-refractivity contribution in [1.29, 1.82) is 0 Å². The summed E-state index contributed by atoms with van der Waals surface area (Å²) in [5, 5.41) is 6.17. The van der Waals surface area contributed by atoms with Crippen LogP contribution in [0.3, 0.4) is 0 Å². The molecule has 1 nitrogen and oxygen atoms in total. The summed E-state index contributed by atoms with van der Waals surface area (Å²) in [4.78, 5) is 0. The van der Waals surface area contributed by atoms with E-state index in [1.807, 2.05) is 24.3 Å². The Labute approximate surface area is 144 Å². The fourth-order valence-corrected chi connectivity index (χ4v) is 3.86. The summed E-state index contributed by atoms with van der Waals surface area (Å²) < 4.78 is 0. The molecular formula is C16H13Cl4N. The first-order valence-electron chi connectivity index (χ1n) is 6.48. The molecule has 0 saturated carbocycles. The van der Waals surface area contributed by atoms with Crippen LogP contribution in [0.5, 0.6) is 0 Å². The summed E-state index contributed by atoms with van der Waals surface area (Å²) in [6.45, 7) is 4.17. The molecule has 1 N–H and O–H groups in total. The van der Waals surface area contributed by atoms with Crippen LogP contribution in [0.15, 0.2) is 36.4 Å². The van der Waals surface area contributed by atoms with Gasteiger partial charge < -0.3 is 0 Å². The molecule has 2 atom stereocenters. The lowest BCUT2D eigenvalue weighted by Gasteiger charge is -2.19. The largest absolute Gasteiger partial charge is 0.294 e. The smallest absolute Gasteiger partial charge is 0.0653 e. The molecule has 1 fully saturated rings. The Kier molecular flexibility index (Phi) is 3.71. The van der Waals surface area contributed by atoms with Crippen molar-refractivity contribution in [3.8, 4) is 0 Å². The van der Waals surface area contributed by atoms with E-state index in [0.717, 1.165) is 11.1 Å². The van der Waals surface area contributed by atoms with Gasteiger partial charge in [-0.3, -0.25) is 5.32 Å². The lowest BCUT2D eigenvalue weighted by Crippen LogP contribution is -2.17. The number of halogens is 4. The molecule has 0 aliphatic carbocycles. The maximum atomic E-state index is 6.35. The SMILES string of the molecule is CC1(c2cc(Cl)ccc2Cl)NC1(C)c1cc(Cl)ccc1Cl. The fourth-order valence-electron chi connectivity index (χ4n) is 2.90. The third-order valence-electron chi connectivity index (χ3n) is 4.37. The molecule has 1 heterocycles. The first-order valence-corrected chi connectivity index (χ1v) is 7.99. The van der Waals surface area contributed by atoms with Gasteiger partial charge in [0, 0.05) is 20.1 Å². The molecule has 2 aromatic rings. The molecule has 1 aliphatic heterocycles. The highest BCUT2D eigenvalue weighted by Gasteiger charge is 2.63. The summed E-state index contributed by atoms with van der Waals surface area (Å²) in [6.07, 6.45) is 0. The number of benzene rings is 2. The summed E-state index contributed by atoms with van der Waals surface area (Å²) in [5.41, 5.74) is 1.22. The highest BCUT2D eigenvalue weighted by atomic mass is 35.5. The predicted octanol–water partition coefficient (Wildman–Crippen LogP) is 6.03. The molecule has 0 spiro atoms. The molecular weight excluding hydrogens is 348 g/mol. The molecule has 0 aromatic heterocycles. The average Bonchev–Trinajstić information content (AvgIpc) is 3.00. The number of hydrogen-bond donors (Lipinski definition) is 1. The molecule has 3 rings (SSSR count). The first-order chi connectivity index (χ1) is 9.78. The number of hydrogen-bond acceptors (Lipinski definition) is 1. The minimum Gasteiger partial charge on any atom is -0.294 e. The van der Waals surface area contributed by atoms with Gasteiger partial charge >= 0.3 is 0 Å². The van der Waals surface area contributed by atoms with Crippen molar-refractivity contribution in [3.05, 3.63) is 67.6 Å². The van der Waals surface area contributed by atoms with E-state index in [2.05, 4.69) is 19.2 Å². The Morgan fingerprint density at radius 1 is 0.714 bits per heavy atom. The monoisotopic (exact) mass is 359 g/mol. The molecule has 0 bridgehead atoms. The first kappa shape index (κ1) is 15.5. The van der Waals surface area contributed by atoms with Gasteiger partial charge in [0.05, 0.1) is 11.1 Å². The van der Waals surface area contributed by atoms with Crippen LogP contribution in [-0.2, 0) is 11.1 Å². The van der Waals surface area contributed by atoms with E-state index in [1.165, 1.54) is 0 Å². The Balaban J connectivity index is 2.10. The molecule has 110 valence electrons. The lowest BCUT2D eigenvalue weighted by molar-refractivity contribution is 0.620. The average molecular weight is 361 g/mol. The minimum absolute atomic E-state index is 0.344. The van der Waals surface area contributed by atoms with E-state index < -0.39 is 0 Å². The van der Waals surface area contributed by atoms with Gasteiger partial charge in [0.1, 0.15) is 0 Å². The Morgan fingerprint density at radius 3 is 1.48 bits per heavy atom. The van der Waals surface area contributed by atoms with E-state index in [-0.39, 0.29) is 11.1 Å². The highest BCUT2D eigenvalue weighted by molar-refractivity contribution is 6.34. The van der Waals surface area contributed by atoms with Crippen molar-refractivity contribution < 1.29 is 0 Å². The van der Waals surface area contributed by atoms with E-state index in [0.29, 0.717) is 20.1 Å². The zero-order valence-corrected chi connectivity index (χ0v) is 14.5. The van der Waals surface area contributed by atoms with Crippen molar-refractivity contribution in [2.75, 3.05) is 0 Å². The molecule has 5 heteroatoms. The van der Waals surface area contributed by atoms with Gasteiger partial charge in [0.25, 0.3) is 0 Å². The van der Waals surface area contributed by atoms with Crippen LogP contribution in [0.1, 0.15) is 25.0 Å². The van der Waals surface area contributed by atoms with Gasteiger partial charge in [-0.25, -0.2) is 0 Å². The zero-order valence-electron chi connectivity index (χ0n) is 11.5. The minimum atomic E-state index is -0.344. The predicted molar refractivity (Wildman–Crippen MR) is 90.8 cm³/mol. The lowest BCUT2D eigenvalue weighted by atomic mass is 9.84. The molecule has 1 saturated heterocycles. The van der Waals surface area contributed by atoms with Gasteiger partial charge in [-0.05, 0) is 61.4 Å². The second-order valence-corrected chi connectivity index (χ2v) is 7.31.